The first kappa shape index (κ1) is 13.6. The predicted molar refractivity (Wildman–Crippen MR) is 80.3 cm³/mol. The minimum Gasteiger partial charge on any atom is -0.478 e. The summed E-state index contributed by atoms with van der Waals surface area (Å²) in [7, 11) is 0. The summed E-state index contributed by atoms with van der Waals surface area (Å²) >= 11 is 3.51. The third-order valence-electron chi connectivity index (χ3n) is 2.87. The van der Waals surface area contributed by atoms with Crippen molar-refractivity contribution in [1.29, 1.82) is 0 Å². The Morgan fingerprint density at radius 1 is 1.16 bits per heavy atom. The van der Waals surface area contributed by atoms with Gasteiger partial charge in [-0.1, -0.05) is 18.2 Å². The van der Waals surface area contributed by atoms with E-state index in [1.807, 2.05) is 38.1 Å². The molecule has 98 valence electrons. The molecule has 2 aromatic rings. The number of carboxylic acids is 1. The van der Waals surface area contributed by atoms with Gasteiger partial charge in [0.05, 0.1) is 16.9 Å². The van der Waals surface area contributed by atoms with Gasteiger partial charge >= 0.3 is 5.97 Å². The molecule has 0 fully saturated rings. The predicted octanol–water partition coefficient (Wildman–Crippen LogP) is 4.51. The zero-order chi connectivity index (χ0) is 14.0. The highest BCUT2D eigenvalue weighted by Gasteiger charge is 2.11. The summed E-state index contributed by atoms with van der Waals surface area (Å²) in [5, 5.41) is 12.4. The zero-order valence-corrected chi connectivity index (χ0v) is 12.3. The van der Waals surface area contributed by atoms with E-state index in [0.717, 1.165) is 21.3 Å². The van der Waals surface area contributed by atoms with Crippen molar-refractivity contribution in [3.8, 4) is 0 Å². The summed E-state index contributed by atoms with van der Waals surface area (Å²) in [6, 6.07) is 11.1. The molecule has 3 nitrogen and oxygen atoms in total. The van der Waals surface area contributed by atoms with Crippen LogP contribution in [0, 0.1) is 13.8 Å². The lowest BCUT2D eigenvalue weighted by atomic mass is 10.1. The maximum Gasteiger partial charge on any atom is 0.337 e. The lowest BCUT2D eigenvalue weighted by molar-refractivity contribution is 0.0698. The summed E-state index contributed by atoms with van der Waals surface area (Å²) in [6.45, 7) is 3.92. The van der Waals surface area contributed by atoms with E-state index in [0.29, 0.717) is 5.69 Å². The van der Waals surface area contributed by atoms with Gasteiger partial charge in [-0.25, -0.2) is 4.79 Å². The summed E-state index contributed by atoms with van der Waals surface area (Å²) < 4.78 is 0.938. The first-order valence-electron chi connectivity index (χ1n) is 5.85. The van der Waals surface area contributed by atoms with E-state index in [9.17, 15) is 9.90 Å². The standard InChI is InChI=1S/C15H14BrNO2/c1-9-6-7-11(15(18)19)13(8-9)17-12-5-3-4-10(2)14(12)16/h3-8,17H,1-2H3,(H,18,19). The fourth-order valence-electron chi connectivity index (χ4n) is 1.84. The van der Waals surface area contributed by atoms with Crippen LogP contribution in [0.2, 0.25) is 0 Å². The number of hydrogen-bond donors (Lipinski definition) is 2. The molecule has 2 rings (SSSR count). The van der Waals surface area contributed by atoms with Gasteiger partial charge in [-0.2, -0.15) is 0 Å². The van der Waals surface area contributed by atoms with Crippen molar-refractivity contribution in [2.75, 3.05) is 5.32 Å². The largest absolute Gasteiger partial charge is 0.478 e. The average molecular weight is 320 g/mol. The van der Waals surface area contributed by atoms with Crippen LogP contribution in [0.1, 0.15) is 21.5 Å². The van der Waals surface area contributed by atoms with Crippen molar-refractivity contribution < 1.29 is 9.90 Å². The van der Waals surface area contributed by atoms with Crippen LogP contribution in [0.3, 0.4) is 0 Å². The molecule has 2 aromatic carbocycles. The Kier molecular flexibility index (Phi) is 3.90. The van der Waals surface area contributed by atoms with Crippen molar-refractivity contribution in [2.45, 2.75) is 13.8 Å². The molecule has 0 aliphatic carbocycles. The van der Waals surface area contributed by atoms with Gasteiger partial charge < -0.3 is 10.4 Å². The number of aryl methyl sites for hydroxylation is 2. The molecule has 0 spiro atoms. The van der Waals surface area contributed by atoms with E-state index < -0.39 is 5.97 Å². The zero-order valence-electron chi connectivity index (χ0n) is 10.7. The Labute approximate surface area is 120 Å². The Bertz CT molecular complexity index is 638. The molecule has 2 N–H and O–H groups in total. The van der Waals surface area contributed by atoms with Gasteiger partial charge in [0.1, 0.15) is 0 Å². The fourth-order valence-corrected chi connectivity index (χ4v) is 2.20. The van der Waals surface area contributed by atoms with Gasteiger partial charge in [0.15, 0.2) is 0 Å². The molecule has 0 aliphatic heterocycles. The minimum atomic E-state index is -0.939. The van der Waals surface area contributed by atoms with E-state index in [2.05, 4.69) is 21.2 Å². The summed E-state index contributed by atoms with van der Waals surface area (Å²) in [4.78, 5) is 11.2. The van der Waals surface area contributed by atoms with Crippen LogP contribution >= 0.6 is 15.9 Å². The molecule has 0 aromatic heterocycles. The van der Waals surface area contributed by atoms with Gasteiger partial charge in [0.2, 0.25) is 0 Å². The van der Waals surface area contributed by atoms with Crippen LogP contribution in [0.25, 0.3) is 0 Å². The lowest BCUT2D eigenvalue weighted by Crippen LogP contribution is -2.03. The molecule has 0 radical (unpaired) electrons. The molecule has 0 saturated heterocycles. The van der Waals surface area contributed by atoms with Crippen molar-refractivity contribution in [3.63, 3.8) is 0 Å². The highest BCUT2D eigenvalue weighted by molar-refractivity contribution is 9.10. The van der Waals surface area contributed by atoms with Crippen LogP contribution in [-0.2, 0) is 0 Å². The summed E-state index contributed by atoms with van der Waals surface area (Å²) in [6.07, 6.45) is 0. The first-order chi connectivity index (χ1) is 8.99. The molecule has 4 heteroatoms. The van der Waals surface area contributed by atoms with Crippen LogP contribution in [0.5, 0.6) is 0 Å². The topological polar surface area (TPSA) is 49.3 Å². The fraction of sp³-hybridized carbons (Fsp3) is 0.133. The smallest absolute Gasteiger partial charge is 0.337 e. The second-order valence-corrected chi connectivity index (χ2v) is 5.21. The van der Waals surface area contributed by atoms with Gasteiger partial charge in [-0.05, 0) is 59.1 Å². The van der Waals surface area contributed by atoms with Gasteiger partial charge in [-0.15, -0.1) is 0 Å². The molecular weight excluding hydrogens is 306 g/mol. The minimum absolute atomic E-state index is 0.263. The second-order valence-electron chi connectivity index (χ2n) is 4.42. The molecule has 0 atom stereocenters. The maximum absolute atomic E-state index is 11.2. The number of nitrogens with one attached hydrogen (secondary N) is 1. The third kappa shape index (κ3) is 2.96. The molecule has 0 unspecified atom stereocenters. The number of carbonyl (C=O) groups is 1. The third-order valence-corrected chi connectivity index (χ3v) is 3.92. The molecule has 0 saturated carbocycles. The normalized spacial score (nSPS) is 10.3. The molecule has 0 aliphatic rings. The van der Waals surface area contributed by atoms with E-state index in [1.165, 1.54) is 0 Å². The van der Waals surface area contributed by atoms with Gasteiger partial charge in [0, 0.05) is 4.47 Å². The molecule has 0 heterocycles. The lowest BCUT2D eigenvalue weighted by Gasteiger charge is -2.13. The molecule has 0 amide bonds. The second kappa shape index (κ2) is 5.45. The van der Waals surface area contributed by atoms with Crippen molar-refractivity contribution >= 4 is 33.3 Å². The van der Waals surface area contributed by atoms with Crippen LogP contribution in [0.4, 0.5) is 11.4 Å². The van der Waals surface area contributed by atoms with Crippen molar-refractivity contribution in [2.24, 2.45) is 0 Å². The van der Waals surface area contributed by atoms with E-state index >= 15 is 0 Å². The Balaban J connectivity index is 2.45. The Morgan fingerprint density at radius 2 is 1.89 bits per heavy atom. The monoisotopic (exact) mass is 319 g/mol. The Morgan fingerprint density at radius 3 is 2.58 bits per heavy atom. The molecule has 0 bridgehead atoms. The van der Waals surface area contributed by atoms with Gasteiger partial charge in [-0.3, -0.25) is 0 Å². The van der Waals surface area contributed by atoms with E-state index in [-0.39, 0.29) is 5.56 Å². The first-order valence-corrected chi connectivity index (χ1v) is 6.64. The number of carboxylic acid groups (broad SMARTS) is 1. The maximum atomic E-state index is 11.2. The van der Waals surface area contributed by atoms with Crippen molar-refractivity contribution in [1.82, 2.24) is 0 Å². The van der Waals surface area contributed by atoms with Crippen LogP contribution in [0.15, 0.2) is 40.9 Å². The summed E-state index contributed by atoms with van der Waals surface area (Å²) in [5.74, 6) is -0.939. The number of benzene rings is 2. The number of anilines is 2. The Hall–Kier alpha value is -1.81. The van der Waals surface area contributed by atoms with Crippen LogP contribution in [-0.4, -0.2) is 11.1 Å². The van der Waals surface area contributed by atoms with Gasteiger partial charge in [0.25, 0.3) is 0 Å². The molecular formula is C15H14BrNO2. The highest BCUT2D eigenvalue weighted by Crippen LogP contribution is 2.30. The number of hydrogen-bond acceptors (Lipinski definition) is 2. The number of halogens is 1. The van der Waals surface area contributed by atoms with E-state index in [1.54, 1.807) is 12.1 Å². The average Bonchev–Trinajstić information content (AvgIpc) is 2.35. The highest BCUT2D eigenvalue weighted by atomic mass is 79.9. The quantitative estimate of drug-likeness (QED) is 0.875. The van der Waals surface area contributed by atoms with E-state index in [4.69, 9.17) is 0 Å². The number of rotatable bonds is 3. The molecule has 19 heavy (non-hydrogen) atoms. The van der Waals surface area contributed by atoms with Crippen LogP contribution < -0.4 is 5.32 Å². The van der Waals surface area contributed by atoms with Crippen molar-refractivity contribution in [3.05, 3.63) is 57.6 Å². The summed E-state index contributed by atoms with van der Waals surface area (Å²) in [5.41, 5.74) is 3.82. The number of aromatic carboxylic acids is 1. The SMILES string of the molecule is Cc1ccc(C(=O)O)c(Nc2cccc(C)c2Br)c1.